The largest absolute Gasteiger partial charge is 0.313 e. The van der Waals surface area contributed by atoms with Crippen LogP contribution in [-0.2, 0) is 4.79 Å². The van der Waals surface area contributed by atoms with Gasteiger partial charge in [0.1, 0.15) is 0 Å². The molecule has 0 aromatic rings. The average molecular weight is 224 g/mol. The third-order valence-electron chi connectivity index (χ3n) is 2.77. The molecule has 1 aliphatic heterocycles. The highest BCUT2D eigenvalue weighted by Crippen LogP contribution is 2.22. The van der Waals surface area contributed by atoms with Crippen molar-refractivity contribution in [2.75, 3.05) is 6.54 Å². The van der Waals surface area contributed by atoms with Crippen molar-refractivity contribution >= 4 is 5.91 Å². The number of carbonyl (C=O) groups is 1. The van der Waals surface area contributed by atoms with Gasteiger partial charge >= 0.3 is 0 Å². The van der Waals surface area contributed by atoms with Gasteiger partial charge < -0.3 is 4.90 Å². The van der Waals surface area contributed by atoms with Gasteiger partial charge in [-0.05, 0) is 12.8 Å². The number of amides is 1. The van der Waals surface area contributed by atoms with E-state index in [9.17, 15) is 14.9 Å². The number of hydrogen-bond donors (Lipinski definition) is 0. The molecule has 5 heteroatoms. The minimum absolute atomic E-state index is 0.108. The Morgan fingerprint density at radius 3 is 2.94 bits per heavy atom. The number of allylic oxidation sites excluding steroid dienone is 1. The van der Waals surface area contributed by atoms with Crippen LogP contribution in [-0.4, -0.2) is 28.3 Å². The zero-order valence-electron chi connectivity index (χ0n) is 9.33. The first kappa shape index (κ1) is 12.4. The number of hydrogen-bond acceptors (Lipinski definition) is 3. The number of rotatable bonds is 4. The molecule has 0 saturated heterocycles. The lowest BCUT2D eigenvalue weighted by atomic mass is 9.92. The quantitative estimate of drug-likeness (QED) is 0.414. The number of nitrogens with zero attached hydrogens (tertiary/aromatic N) is 2. The van der Waals surface area contributed by atoms with Crippen LogP contribution in [0.1, 0.15) is 19.8 Å². The maximum atomic E-state index is 11.1. The lowest BCUT2D eigenvalue weighted by molar-refractivity contribution is -0.530. The predicted molar refractivity (Wildman–Crippen MR) is 60.2 cm³/mol. The van der Waals surface area contributed by atoms with Gasteiger partial charge in [0.25, 0.3) is 0 Å². The first-order valence-electron chi connectivity index (χ1n) is 5.26. The van der Waals surface area contributed by atoms with E-state index in [-0.39, 0.29) is 23.3 Å². The van der Waals surface area contributed by atoms with Crippen molar-refractivity contribution in [3.05, 3.63) is 35.0 Å². The van der Waals surface area contributed by atoms with E-state index < -0.39 is 6.04 Å². The van der Waals surface area contributed by atoms with Gasteiger partial charge in [-0.2, -0.15) is 0 Å². The summed E-state index contributed by atoms with van der Waals surface area (Å²) in [4.78, 5) is 23.1. The molecule has 0 aromatic carbocycles. The predicted octanol–water partition coefficient (Wildman–Crippen LogP) is 1.59. The van der Waals surface area contributed by atoms with Crippen molar-refractivity contribution in [2.45, 2.75) is 25.8 Å². The molecule has 88 valence electrons. The molecular weight excluding hydrogens is 208 g/mol. The molecule has 2 atom stereocenters. The Morgan fingerprint density at radius 1 is 1.75 bits per heavy atom. The molecule has 5 nitrogen and oxygen atoms in total. The summed E-state index contributed by atoms with van der Waals surface area (Å²) in [5.74, 6) is -0.270. The van der Waals surface area contributed by atoms with Crippen LogP contribution in [0.2, 0.25) is 0 Å². The summed E-state index contributed by atoms with van der Waals surface area (Å²) in [6, 6.07) is -0.700. The van der Waals surface area contributed by atoms with Crippen molar-refractivity contribution in [3.63, 3.8) is 0 Å². The molecule has 1 heterocycles. The molecule has 0 aromatic heterocycles. The van der Waals surface area contributed by atoms with Crippen molar-refractivity contribution in [1.29, 1.82) is 0 Å². The molecule has 0 fully saturated rings. The smallest absolute Gasteiger partial charge is 0.237 e. The lowest BCUT2D eigenvalue weighted by Gasteiger charge is -2.27. The molecule has 0 saturated carbocycles. The molecule has 16 heavy (non-hydrogen) atoms. The van der Waals surface area contributed by atoms with Crippen molar-refractivity contribution < 1.29 is 9.72 Å². The summed E-state index contributed by atoms with van der Waals surface area (Å²) < 4.78 is 0. The van der Waals surface area contributed by atoms with Crippen LogP contribution >= 0.6 is 0 Å². The van der Waals surface area contributed by atoms with Crippen LogP contribution < -0.4 is 0 Å². The minimum Gasteiger partial charge on any atom is -0.313 e. The van der Waals surface area contributed by atoms with E-state index in [1.54, 1.807) is 18.4 Å². The molecule has 0 unspecified atom stereocenters. The van der Waals surface area contributed by atoms with Crippen molar-refractivity contribution in [1.82, 2.24) is 4.90 Å². The highest BCUT2D eigenvalue weighted by atomic mass is 16.6. The summed E-state index contributed by atoms with van der Waals surface area (Å²) in [6.45, 7) is 5.18. The highest BCUT2D eigenvalue weighted by Gasteiger charge is 2.34. The molecule has 0 radical (unpaired) electrons. The van der Waals surface area contributed by atoms with Crippen LogP contribution in [0.3, 0.4) is 0 Å². The van der Waals surface area contributed by atoms with Gasteiger partial charge in [-0.3, -0.25) is 14.9 Å². The highest BCUT2D eigenvalue weighted by molar-refractivity contribution is 5.74. The molecule has 1 rings (SSSR count). The van der Waals surface area contributed by atoms with E-state index in [2.05, 4.69) is 6.58 Å². The third-order valence-corrected chi connectivity index (χ3v) is 2.77. The second kappa shape index (κ2) is 5.44. The Kier molecular flexibility index (Phi) is 4.22. The van der Waals surface area contributed by atoms with E-state index in [1.165, 1.54) is 11.8 Å². The Balaban J connectivity index is 2.75. The SMILES string of the molecule is C=CCC[C@@H]1C=CN(C(C)=O)C[C@H]1[N+](=O)[O-]. The minimum atomic E-state index is -0.700. The summed E-state index contributed by atoms with van der Waals surface area (Å²) in [7, 11) is 0. The van der Waals surface area contributed by atoms with Gasteiger partial charge in [0.15, 0.2) is 0 Å². The fourth-order valence-electron chi connectivity index (χ4n) is 1.80. The van der Waals surface area contributed by atoms with Crippen LogP contribution in [0.25, 0.3) is 0 Å². The summed E-state index contributed by atoms with van der Waals surface area (Å²) in [5, 5.41) is 10.9. The molecule has 0 spiro atoms. The van der Waals surface area contributed by atoms with Crippen molar-refractivity contribution in [3.8, 4) is 0 Å². The van der Waals surface area contributed by atoms with Crippen LogP contribution in [0.5, 0.6) is 0 Å². The van der Waals surface area contributed by atoms with Gasteiger partial charge in [-0.25, -0.2) is 0 Å². The molecule has 0 bridgehead atoms. The first-order valence-corrected chi connectivity index (χ1v) is 5.26. The zero-order chi connectivity index (χ0) is 12.1. The standard InChI is InChI=1S/C11H16N2O3/c1-3-4-5-10-6-7-12(9(2)14)8-11(10)13(15)16/h3,6-7,10-11H,1,4-5,8H2,2H3/t10-,11-/m1/s1. The average Bonchev–Trinajstić information content (AvgIpc) is 2.25. The Bertz CT molecular complexity index is 325. The maximum Gasteiger partial charge on any atom is 0.237 e. The van der Waals surface area contributed by atoms with Gasteiger partial charge in [0.2, 0.25) is 11.9 Å². The summed E-state index contributed by atoms with van der Waals surface area (Å²) in [5.41, 5.74) is 0. The maximum absolute atomic E-state index is 11.1. The number of nitro groups is 1. The zero-order valence-corrected chi connectivity index (χ0v) is 9.33. The Labute approximate surface area is 94.6 Å². The van der Waals surface area contributed by atoms with E-state index in [1.807, 2.05) is 0 Å². The second-order valence-corrected chi connectivity index (χ2v) is 3.90. The van der Waals surface area contributed by atoms with Crippen LogP contribution in [0, 0.1) is 16.0 Å². The monoisotopic (exact) mass is 224 g/mol. The number of carbonyl (C=O) groups excluding carboxylic acids is 1. The molecule has 1 amide bonds. The van der Waals surface area contributed by atoms with E-state index >= 15 is 0 Å². The Hall–Kier alpha value is -1.65. The van der Waals surface area contributed by atoms with Gasteiger partial charge in [-0.1, -0.05) is 12.2 Å². The topological polar surface area (TPSA) is 63.5 Å². The van der Waals surface area contributed by atoms with E-state index in [4.69, 9.17) is 0 Å². The summed E-state index contributed by atoms with van der Waals surface area (Å²) in [6.07, 6.45) is 6.61. The summed E-state index contributed by atoms with van der Waals surface area (Å²) >= 11 is 0. The van der Waals surface area contributed by atoms with Gasteiger partial charge in [0.05, 0.1) is 6.54 Å². The first-order chi connectivity index (χ1) is 7.56. The molecule has 1 aliphatic rings. The fraction of sp³-hybridized carbons (Fsp3) is 0.545. The van der Waals surface area contributed by atoms with Crippen LogP contribution in [0.4, 0.5) is 0 Å². The normalized spacial score (nSPS) is 24.2. The van der Waals surface area contributed by atoms with Gasteiger partial charge in [-0.15, -0.1) is 6.58 Å². The molecule has 0 aliphatic carbocycles. The third kappa shape index (κ3) is 2.92. The molecular formula is C11H16N2O3. The second-order valence-electron chi connectivity index (χ2n) is 3.90. The van der Waals surface area contributed by atoms with Crippen LogP contribution in [0.15, 0.2) is 24.9 Å². The Morgan fingerprint density at radius 2 is 2.44 bits per heavy atom. The van der Waals surface area contributed by atoms with Crippen molar-refractivity contribution in [2.24, 2.45) is 5.92 Å². The lowest BCUT2D eigenvalue weighted by Crippen LogP contribution is -2.43. The van der Waals surface area contributed by atoms with E-state index in [0.717, 1.165) is 6.42 Å². The van der Waals surface area contributed by atoms with Gasteiger partial charge in [0, 0.05) is 24.0 Å². The molecule has 0 N–H and O–H groups in total. The fourth-order valence-corrected chi connectivity index (χ4v) is 1.80. The van der Waals surface area contributed by atoms with E-state index in [0.29, 0.717) is 6.42 Å².